The summed E-state index contributed by atoms with van der Waals surface area (Å²) in [5.41, 5.74) is 1.21. The first kappa shape index (κ1) is 14.8. The molecule has 4 nitrogen and oxygen atoms in total. The Labute approximate surface area is 123 Å². The molecule has 1 aromatic rings. The molecule has 0 radical (unpaired) electrons. The molecule has 2 heterocycles. The van der Waals surface area contributed by atoms with Crippen LogP contribution in [0.15, 0.2) is 0 Å². The molecule has 2 N–H and O–H groups in total. The summed E-state index contributed by atoms with van der Waals surface area (Å²) in [5.74, 6) is 0.0841. The van der Waals surface area contributed by atoms with Crippen LogP contribution in [0, 0.1) is 0 Å². The highest BCUT2D eigenvalue weighted by Crippen LogP contribution is 2.29. The van der Waals surface area contributed by atoms with Gasteiger partial charge in [0.25, 0.3) is 0 Å². The van der Waals surface area contributed by atoms with Gasteiger partial charge in [-0.2, -0.15) is 0 Å². The molecule has 1 amide bonds. The van der Waals surface area contributed by atoms with Crippen molar-refractivity contribution in [2.75, 3.05) is 11.9 Å². The zero-order chi connectivity index (χ0) is 12.4. The topological polar surface area (TPSA) is 54.0 Å². The van der Waals surface area contributed by atoms with Crippen LogP contribution in [0.5, 0.6) is 0 Å². The highest BCUT2D eigenvalue weighted by molar-refractivity contribution is 7.15. The van der Waals surface area contributed by atoms with Gasteiger partial charge in [-0.05, 0) is 45.1 Å². The van der Waals surface area contributed by atoms with Crippen molar-refractivity contribution in [1.82, 2.24) is 10.3 Å². The number of rotatable bonds is 2. The molecule has 0 bridgehead atoms. The molecule has 1 aliphatic heterocycles. The van der Waals surface area contributed by atoms with Crippen LogP contribution < -0.4 is 10.6 Å². The van der Waals surface area contributed by atoms with Crippen LogP contribution in [-0.2, 0) is 17.6 Å². The molecule has 1 unspecified atom stereocenters. The molecular weight excluding hydrogens is 282 g/mol. The predicted molar refractivity (Wildman–Crippen MR) is 80.3 cm³/mol. The number of hydrogen-bond donors (Lipinski definition) is 2. The summed E-state index contributed by atoms with van der Waals surface area (Å²) in [6, 6.07) is -0.0281. The number of aryl methyl sites for hydroxylation is 2. The Balaban J connectivity index is 0.00000133. The number of piperidine rings is 1. The van der Waals surface area contributed by atoms with Gasteiger partial charge in [0, 0.05) is 4.88 Å². The summed E-state index contributed by atoms with van der Waals surface area (Å²) in [7, 11) is 0. The Kier molecular flexibility index (Phi) is 5.19. The molecule has 19 heavy (non-hydrogen) atoms. The van der Waals surface area contributed by atoms with Crippen molar-refractivity contribution in [3.05, 3.63) is 10.6 Å². The molecule has 3 rings (SSSR count). The van der Waals surface area contributed by atoms with E-state index in [1.807, 2.05) is 0 Å². The van der Waals surface area contributed by atoms with E-state index in [2.05, 4.69) is 15.6 Å². The molecule has 1 aliphatic carbocycles. The molecule has 0 saturated carbocycles. The zero-order valence-electron chi connectivity index (χ0n) is 10.9. The summed E-state index contributed by atoms with van der Waals surface area (Å²) in [5, 5.41) is 7.03. The maximum absolute atomic E-state index is 12.1. The van der Waals surface area contributed by atoms with Crippen molar-refractivity contribution >= 4 is 34.8 Å². The SMILES string of the molecule is Cl.O=C(Nc1nc2c(s1)CCCC2)C1CCCCN1. The van der Waals surface area contributed by atoms with Gasteiger partial charge >= 0.3 is 0 Å². The van der Waals surface area contributed by atoms with Gasteiger partial charge in [0.1, 0.15) is 0 Å². The first-order chi connectivity index (χ1) is 8.83. The highest BCUT2D eigenvalue weighted by atomic mass is 35.5. The monoisotopic (exact) mass is 301 g/mol. The minimum atomic E-state index is -0.0281. The van der Waals surface area contributed by atoms with Crippen molar-refractivity contribution in [1.29, 1.82) is 0 Å². The maximum atomic E-state index is 12.1. The molecular formula is C13H20ClN3OS. The van der Waals surface area contributed by atoms with Crippen LogP contribution in [0.4, 0.5) is 5.13 Å². The molecule has 1 fully saturated rings. The summed E-state index contributed by atoms with van der Waals surface area (Å²) >= 11 is 1.66. The molecule has 0 spiro atoms. The summed E-state index contributed by atoms with van der Waals surface area (Å²) < 4.78 is 0. The normalized spacial score (nSPS) is 22.2. The smallest absolute Gasteiger partial charge is 0.243 e. The van der Waals surface area contributed by atoms with Crippen molar-refractivity contribution in [3.63, 3.8) is 0 Å². The van der Waals surface area contributed by atoms with Crippen LogP contribution in [0.1, 0.15) is 42.7 Å². The second kappa shape index (κ2) is 6.68. The molecule has 1 saturated heterocycles. The number of hydrogen-bond acceptors (Lipinski definition) is 4. The average molecular weight is 302 g/mol. The van der Waals surface area contributed by atoms with Crippen molar-refractivity contribution < 1.29 is 4.79 Å². The van der Waals surface area contributed by atoms with Gasteiger partial charge in [0.2, 0.25) is 5.91 Å². The van der Waals surface area contributed by atoms with E-state index in [4.69, 9.17) is 0 Å². The fraction of sp³-hybridized carbons (Fsp3) is 0.692. The zero-order valence-corrected chi connectivity index (χ0v) is 12.5. The number of aromatic nitrogens is 1. The Hall–Kier alpha value is -0.650. The lowest BCUT2D eigenvalue weighted by Crippen LogP contribution is -2.43. The number of fused-ring (bicyclic) bond motifs is 1. The first-order valence-corrected chi connectivity index (χ1v) is 7.67. The second-order valence-corrected chi connectivity index (χ2v) is 6.17. The first-order valence-electron chi connectivity index (χ1n) is 6.86. The van der Waals surface area contributed by atoms with E-state index in [0.717, 1.165) is 37.4 Å². The van der Waals surface area contributed by atoms with Gasteiger partial charge in [-0.3, -0.25) is 4.79 Å². The highest BCUT2D eigenvalue weighted by Gasteiger charge is 2.22. The Morgan fingerprint density at radius 2 is 2.11 bits per heavy atom. The fourth-order valence-corrected chi connectivity index (χ4v) is 3.73. The van der Waals surface area contributed by atoms with E-state index in [0.29, 0.717) is 0 Å². The number of carbonyl (C=O) groups is 1. The lowest BCUT2D eigenvalue weighted by Gasteiger charge is -2.21. The average Bonchev–Trinajstić information content (AvgIpc) is 2.82. The number of amides is 1. The third-order valence-corrected chi connectivity index (χ3v) is 4.78. The fourth-order valence-electron chi connectivity index (χ4n) is 2.67. The number of nitrogens with zero attached hydrogens (tertiary/aromatic N) is 1. The third kappa shape index (κ3) is 3.46. The van der Waals surface area contributed by atoms with E-state index >= 15 is 0 Å². The van der Waals surface area contributed by atoms with Crippen LogP contribution in [-0.4, -0.2) is 23.5 Å². The lowest BCUT2D eigenvalue weighted by atomic mass is 10.0. The van der Waals surface area contributed by atoms with Gasteiger partial charge in [-0.25, -0.2) is 4.98 Å². The third-order valence-electron chi connectivity index (χ3n) is 3.70. The standard InChI is InChI=1S/C13H19N3OS.ClH/c17-12(10-6-3-4-8-14-10)16-13-15-9-5-1-2-7-11(9)18-13;/h10,14H,1-8H2,(H,15,16,17);1H. The number of anilines is 1. The van der Waals surface area contributed by atoms with Gasteiger partial charge in [0.05, 0.1) is 11.7 Å². The Morgan fingerprint density at radius 3 is 2.84 bits per heavy atom. The number of nitrogens with one attached hydrogen (secondary N) is 2. The van der Waals surface area contributed by atoms with Crippen molar-refractivity contribution in [3.8, 4) is 0 Å². The predicted octanol–water partition coefficient (Wildman–Crippen LogP) is 2.52. The number of halogens is 1. The van der Waals surface area contributed by atoms with Crippen molar-refractivity contribution in [2.45, 2.75) is 51.0 Å². The maximum Gasteiger partial charge on any atom is 0.243 e. The van der Waals surface area contributed by atoms with Gasteiger partial charge in [0.15, 0.2) is 5.13 Å². The van der Waals surface area contributed by atoms with Crippen LogP contribution in [0.25, 0.3) is 0 Å². The Bertz CT molecular complexity index is 420. The quantitative estimate of drug-likeness (QED) is 0.882. The molecule has 106 valence electrons. The van der Waals surface area contributed by atoms with Gasteiger partial charge in [-0.15, -0.1) is 23.7 Å². The lowest BCUT2D eigenvalue weighted by molar-refractivity contribution is -0.118. The Morgan fingerprint density at radius 1 is 1.26 bits per heavy atom. The summed E-state index contributed by atoms with van der Waals surface area (Å²) in [6.07, 6.45) is 7.95. The molecule has 1 aromatic heterocycles. The largest absolute Gasteiger partial charge is 0.306 e. The minimum Gasteiger partial charge on any atom is -0.306 e. The van der Waals surface area contributed by atoms with E-state index < -0.39 is 0 Å². The van der Waals surface area contributed by atoms with Gasteiger partial charge < -0.3 is 10.6 Å². The number of carbonyl (C=O) groups excluding carboxylic acids is 1. The van der Waals surface area contributed by atoms with Crippen LogP contribution in [0.3, 0.4) is 0 Å². The van der Waals surface area contributed by atoms with E-state index in [1.165, 1.54) is 29.8 Å². The van der Waals surface area contributed by atoms with Crippen LogP contribution in [0.2, 0.25) is 0 Å². The second-order valence-electron chi connectivity index (χ2n) is 5.09. The number of thiazole rings is 1. The minimum absolute atomic E-state index is 0. The van der Waals surface area contributed by atoms with E-state index in [1.54, 1.807) is 11.3 Å². The molecule has 0 aromatic carbocycles. The van der Waals surface area contributed by atoms with Gasteiger partial charge in [-0.1, -0.05) is 6.42 Å². The van der Waals surface area contributed by atoms with E-state index in [9.17, 15) is 4.79 Å². The summed E-state index contributed by atoms with van der Waals surface area (Å²) in [6.45, 7) is 0.951. The van der Waals surface area contributed by atoms with Crippen molar-refractivity contribution in [2.24, 2.45) is 0 Å². The molecule has 1 atom stereocenters. The molecule has 2 aliphatic rings. The van der Waals surface area contributed by atoms with Crippen LogP contribution >= 0.6 is 23.7 Å². The van der Waals surface area contributed by atoms with E-state index in [-0.39, 0.29) is 24.4 Å². The summed E-state index contributed by atoms with van der Waals surface area (Å²) in [4.78, 5) is 18.0. The molecule has 6 heteroatoms.